The lowest BCUT2D eigenvalue weighted by Gasteiger charge is -2.38. The van der Waals surface area contributed by atoms with Gasteiger partial charge >= 0.3 is 8.56 Å². The van der Waals surface area contributed by atoms with E-state index in [0.717, 1.165) is 5.19 Å². The van der Waals surface area contributed by atoms with Crippen LogP contribution in [0.1, 0.15) is 0 Å². The van der Waals surface area contributed by atoms with Gasteiger partial charge in [0, 0.05) is 25.8 Å². The van der Waals surface area contributed by atoms with Crippen molar-refractivity contribution in [2.45, 2.75) is 31.3 Å². The van der Waals surface area contributed by atoms with Crippen molar-refractivity contribution in [3.63, 3.8) is 0 Å². The molecule has 0 heterocycles. The van der Waals surface area contributed by atoms with E-state index in [1.807, 2.05) is 30.3 Å². The predicted octanol–water partition coefficient (Wildman–Crippen LogP) is 0.549. The van der Waals surface area contributed by atoms with Crippen molar-refractivity contribution in [1.82, 2.24) is 0 Å². The Bertz CT molecular complexity index is 415. The molecule has 1 aromatic carbocycles. The molecule has 0 fully saturated rings. The molecular formula is C14H26O5Si2. The third-order valence-electron chi connectivity index (χ3n) is 3.53. The zero-order valence-electron chi connectivity index (χ0n) is 13.0. The van der Waals surface area contributed by atoms with Crippen LogP contribution in [-0.2, 0) is 8.54 Å². The van der Waals surface area contributed by atoms with Gasteiger partial charge in [-0.05, 0) is 18.3 Å². The van der Waals surface area contributed by atoms with E-state index in [-0.39, 0.29) is 19.3 Å². The van der Waals surface area contributed by atoms with E-state index in [0.29, 0.717) is 6.04 Å². The van der Waals surface area contributed by atoms with E-state index in [4.69, 9.17) is 13.6 Å². The first kappa shape index (κ1) is 18.5. The molecular weight excluding hydrogens is 304 g/mol. The molecule has 1 aromatic rings. The largest absolute Gasteiger partial charge is 0.432 e. The van der Waals surface area contributed by atoms with Crippen molar-refractivity contribution < 1.29 is 23.9 Å². The summed E-state index contributed by atoms with van der Waals surface area (Å²) in [6, 6.07) is 10.6. The first-order valence-corrected chi connectivity index (χ1v) is 12.2. The molecule has 3 N–H and O–H groups in total. The zero-order valence-corrected chi connectivity index (χ0v) is 15.0. The summed E-state index contributed by atoms with van der Waals surface area (Å²) in [6.45, 7) is 3.76. The molecule has 21 heavy (non-hydrogen) atoms. The second kappa shape index (κ2) is 8.18. The van der Waals surface area contributed by atoms with E-state index in [9.17, 15) is 10.2 Å². The lowest BCUT2D eigenvalue weighted by atomic mass is 10.4. The standard InChI is InChI=1S/C14H26O5Si2/c1-18-21(10-9-15,12-13(17)11-16)19-20(2,3)14-7-5-4-6-8-14/h4-8,13,15-17H,9-12H2,1-3H3. The molecule has 0 aliphatic rings. The van der Waals surface area contributed by atoms with E-state index in [1.54, 1.807) is 7.11 Å². The quantitative estimate of drug-likeness (QED) is 0.576. The molecule has 0 aromatic heterocycles. The van der Waals surface area contributed by atoms with Crippen molar-refractivity contribution >= 4 is 22.1 Å². The van der Waals surface area contributed by atoms with Gasteiger partial charge in [-0.15, -0.1) is 0 Å². The Morgan fingerprint density at radius 3 is 2.24 bits per heavy atom. The summed E-state index contributed by atoms with van der Waals surface area (Å²) >= 11 is 0. The fraction of sp³-hybridized carbons (Fsp3) is 0.571. The topological polar surface area (TPSA) is 79.2 Å². The van der Waals surface area contributed by atoms with Crippen LogP contribution in [0.4, 0.5) is 0 Å². The highest BCUT2D eigenvalue weighted by Gasteiger charge is 2.44. The molecule has 0 spiro atoms. The van der Waals surface area contributed by atoms with Crippen LogP contribution in [0.25, 0.3) is 0 Å². The molecule has 0 amide bonds. The maximum Gasteiger partial charge on any atom is 0.332 e. The van der Waals surface area contributed by atoms with Crippen LogP contribution in [0.15, 0.2) is 30.3 Å². The van der Waals surface area contributed by atoms with Gasteiger partial charge in [0.2, 0.25) is 8.32 Å². The molecule has 0 aliphatic carbocycles. The van der Waals surface area contributed by atoms with Crippen LogP contribution in [-0.4, -0.2) is 58.6 Å². The van der Waals surface area contributed by atoms with E-state index in [1.165, 1.54) is 0 Å². The number of aliphatic hydroxyl groups excluding tert-OH is 3. The van der Waals surface area contributed by atoms with Gasteiger partial charge in [0.15, 0.2) is 0 Å². The molecule has 0 aliphatic heterocycles. The van der Waals surface area contributed by atoms with Crippen LogP contribution in [0.5, 0.6) is 0 Å². The molecule has 5 nitrogen and oxygen atoms in total. The van der Waals surface area contributed by atoms with Crippen molar-refractivity contribution in [2.24, 2.45) is 0 Å². The SMILES string of the molecule is CO[Si](CCO)(CC(O)CO)O[Si](C)(C)c1ccccc1. The molecule has 120 valence electrons. The highest BCUT2D eigenvalue weighted by molar-refractivity contribution is 6.91. The Morgan fingerprint density at radius 1 is 1.14 bits per heavy atom. The minimum absolute atomic E-state index is 0.0581. The van der Waals surface area contributed by atoms with Crippen molar-refractivity contribution in [3.8, 4) is 0 Å². The van der Waals surface area contributed by atoms with Crippen LogP contribution in [0, 0.1) is 0 Å². The second-order valence-electron chi connectivity index (χ2n) is 5.61. The molecule has 0 saturated heterocycles. The van der Waals surface area contributed by atoms with Crippen LogP contribution >= 0.6 is 0 Å². The highest BCUT2D eigenvalue weighted by Crippen LogP contribution is 2.25. The minimum Gasteiger partial charge on any atom is -0.432 e. The van der Waals surface area contributed by atoms with Gasteiger partial charge in [0.25, 0.3) is 0 Å². The lowest BCUT2D eigenvalue weighted by molar-refractivity contribution is 0.0993. The Morgan fingerprint density at radius 2 is 1.76 bits per heavy atom. The summed E-state index contributed by atoms with van der Waals surface area (Å²) < 4.78 is 12.0. The fourth-order valence-electron chi connectivity index (χ4n) is 2.38. The monoisotopic (exact) mass is 330 g/mol. The second-order valence-corrected chi connectivity index (χ2v) is 13.2. The summed E-state index contributed by atoms with van der Waals surface area (Å²) in [5.74, 6) is 0. The van der Waals surface area contributed by atoms with Gasteiger partial charge in [0.1, 0.15) is 0 Å². The summed E-state index contributed by atoms with van der Waals surface area (Å²) in [6.07, 6.45) is -0.885. The molecule has 2 atom stereocenters. The summed E-state index contributed by atoms with van der Waals surface area (Å²) in [5, 5.41) is 29.3. The van der Waals surface area contributed by atoms with Gasteiger partial charge in [-0.3, -0.25) is 0 Å². The van der Waals surface area contributed by atoms with Gasteiger partial charge < -0.3 is 23.9 Å². The van der Waals surface area contributed by atoms with Crippen LogP contribution < -0.4 is 5.19 Å². The third-order valence-corrected chi connectivity index (χ3v) is 11.6. The molecule has 0 saturated carbocycles. The Labute approximate surface area is 128 Å². The van der Waals surface area contributed by atoms with Gasteiger partial charge in [-0.1, -0.05) is 30.3 Å². The van der Waals surface area contributed by atoms with Crippen LogP contribution in [0.3, 0.4) is 0 Å². The van der Waals surface area contributed by atoms with Gasteiger partial charge in [-0.2, -0.15) is 0 Å². The van der Waals surface area contributed by atoms with Gasteiger partial charge in [0.05, 0.1) is 12.7 Å². The normalized spacial score (nSPS) is 16.5. The first-order chi connectivity index (χ1) is 9.89. The minimum atomic E-state index is -2.77. The molecule has 2 unspecified atom stereocenters. The number of benzene rings is 1. The zero-order chi connectivity index (χ0) is 15.9. The number of hydrogen-bond donors (Lipinski definition) is 3. The number of hydrogen-bond acceptors (Lipinski definition) is 5. The van der Waals surface area contributed by atoms with Gasteiger partial charge in [-0.25, -0.2) is 0 Å². The highest BCUT2D eigenvalue weighted by atomic mass is 28.4. The number of rotatable bonds is 9. The Kier molecular flexibility index (Phi) is 7.21. The molecule has 7 heteroatoms. The summed E-state index contributed by atoms with van der Waals surface area (Å²) in [5.41, 5.74) is 0. The molecule has 1 rings (SSSR count). The summed E-state index contributed by atoms with van der Waals surface area (Å²) in [7, 11) is -3.43. The van der Waals surface area contributed by atoms with E-state index in [2.05, 4.69) is 13.1 Å². The average Bonchev–Trinajstić information content (AvgIpc) is 2.47. The maximum atomic E-state index is 9.78. The maximum absolute atomic E-state index is 9.78. The van der Waals surface area contributed by atoms with E-state index >= 15 is 0 Å². The predicted molar refractivity (Wildman–Crippen MR) is 87.2 cm³/mol. The Hall–Kier alpha value is -0.546. The smallest absolute Gasteiger partial charge is 0.332 e. The third kappa shape index (κ3) is 5.30. The number of aliphatic hydroxyl groups is 3. The van der Waals surface area contributed by atoms with Crippen LogP contribution in [0.2, 0.25) is 25.2 Å². The summed E-state index contributed by atoms with van der Waals surface area (Å²) in [4.78, 5) is 0. The van der Waals surface area contributed by atoms with E-state index < -0.39 is 23.0 Å². The fourth-order valence-corrected chi connectivity index (χ4v) is 10.4. The Balaban J connectivity index is 2.98. The van der Waals surface area contributed by atoms with Crippen molar-refractivity contribution in [3.05, 3.63) is 30.3 Å². The lowest BCUT2D eigenvalue weighted by Crippen LogP contribution is -2.57. The first-order valence-electron chi connectivity index (χ1n) is 7.10. The average molecular weight is 331 g/mol. The molecule has 0 radical (unpaired) electrons. The van der Waals surface area contributed by atoms with Crippen molar-refractivity contribution in [1.29, 1.82) is 0 Å². The molecule has 0 bridgehead atoms. The van der Waals surface area contributed by atoms with Crippen molar-refractivity contribution in [2.75, 3.05) is 20.3 Å².